The topological polar surface area (TPSA) is 86.5 Å². The van der Waals surface area contributed by atoms with Gasteiger partial charge in [-0.3, -0.25) is 4.79 Å². The van der Waals surface area contributed by atoms with E-state index in [-0.39, 0.29) is 5.91 Å². The zero-order valence-electron chi connectivity index (χ0n) is 16.2. The lowest BCUT2D eigenvalue weighted by Gasteiger charge is -2.12. The Hall–Kier alpha value is -3.87. The minimum atomic E-state index is -0.243. The van der Waals surface area contributed by atoms with Crippen LogP contribution in [0.1, 0.15) is 15.9 Å². The molecule has 0 aliphatic carbocycles. The molecule has 2 aromatic carbocycles. The Balaban J connectivity index is 1.57. The number of methoxy groups -OCH3 is 2. The number of hydrogen-bond acceptors (Lipinski definition) is 6. The summed E-state index contributed by atoms with van der Waals surface area (Å²) in [5.74, 6) is 1.31. The molecule has 0 fully saturated rings. The summed E-state index contributed by atoms with van der Waals surface area (Å²) in [4.78, 5) is 21.3. The number of nitrogens with zero attached hydrogens (tertiary/aromatic N) is 2. The maximum atomic E-state index is 12.7. The third-order valence-electron chi connectivity index (χ3n) is 4.53. The highest BCUT2D eigenvalue weighted by atomic mass is 16.5. The second kappa shape index (κ2) is 7.63. The van der Waals surface area contributed by atoms with Gasteiger partial charge in [-0.2, -0.15) is 4.98 Å². The number of ether oxygens (including phenoxy) is 2. The molecule has 1 N–H and O–H groups in total. The highest BCUT2D eigenvalue weighted by Gasteiger charge is 2.14. The van der Waals surface area contributed by atoms with E-state index in [9.17, 15) is 4.79 Å². The van der Waals surface area contributed by atoms with Gasteiger partial charge >= 0.3 is 0 Å². The van der Waals surface area contributed by atoms with Crippen LogP contribution in [0.4, 0.5) is 5.69 Å². The molecule has 2 aromatic heterocycles. The summed E-state index contributed by atoms with van der Waals surface area (Å²) >= 11 is 0. The first-order valence-corrected chi connectivity index (χ1v) is 8.95. The molecule has 0 aliphatic heterocycles. The Kier molecular flexibility index (Phi) is 4.87. The van der Waals surface area contributed by atoms with E-state index in [0.29, 0.717) is 39.9 Å². The van der Waals surface area contributed by atoms with Gasteiger partial charge in [-0.05, 0) is 61.0 Å². The van der Waals surface area contributed by atoms with Gasteiger partial charge in [0.1, 0.15) is 0 Å². The highest BCUT2D eigenvalue weighted by Crippen LogP contribution is 2.29. The van der Waals surface area contributed by atoms with Crippen LogP contribution < -0.4 is 14.8 Å². The molecule has 146 valence electrons. The second-order valence-corrected chi connectivity index (χ2v) is 6.40. The van der Waals surface area contributed by atoms with Crippen molar-refractivity contribution in [3.05, 3.63) is 65.9 Å². The Labute approximate surface area is 167 Å². The van der Waals surface area contributed by atoms with Gasteiger partial charge in [-0.15, -0.1) is 0 Å². The summed E-state index contributed by atoms with van der Waals surface area (Å²) in [6, 6.07) is 14.2. The fourth-order valence-corrected chi connectivity index (χ4v) is 3.00. The van der Waals surface area contributed by atoms with Crippen molar-refractivity contribution in [1.82, 2.24) is 9.97 Å². The van der Waals surface area contributed by atoms with Crippen LogP contribution in [0.15, 0.2) is 59.1 Å². The molecule has 0 unspecified atom stereocenters. The third-order valence-corrected chi connectivity index (χ3v) is 4.53. The van der Waals surface area contributed by atoms with Crippen molar-refractivity contribution in [3.63, 3.8) is 0 Å². The number of aromatic nitrogens is 2. The molecule has 0 aliphatic rings. The Morgan fingerprint density at radius 1 is 1.03 bits per heavy atom. The molecule has 0 atom stereocenters. The minimum absolute atomic E-state index is 0.243. The molecule has 4 rings (SSSR count). The number of fused-ring (bicyclic) bond motifs is 1. The van der Waals surface area contributed by atoms with Crippen molar-refractivity contribution in [2.75, 3.05) is 19.5 Å². The fraction of sp³-hybridized carbons (Fsp3) is 0.136. The molecule has 0 bridgehead atoms. The summed E-state index contributed by atoms with van der Waals surface area (Å²) < 4.78 is 16.2. The number of rotatable bonds is 5. The van der Waals surface area contributed by atoms with Crippen LogP contribution >= 0.6 is 0 Å². The zero-order valence-corrected chi connectivity index (χ0v) is 16.2. The first kappa shape index (κ1) is 18.5. The molecule has 29 heavy (non-hydrogen) atoms. The first-order chi connectivity index (χ1) is 14.1. The van der Waals surface area contributed by atoms with Crippen LogP contribution in [0.3, 0.4) is 0 Å². The molecular formula is C22H19N3O4. The van der Waals surface area contributed by atoms with Gasteiger partial charge in [0.25, 0.3) is 5.91 Å². The van der Waals surface area contributed by atoms with E-state index >= 15 is 0 Å². The van der Waals surface area contributed by atoms with Crippen molar-refractivity contribution in [2.45, 2.75) is 6.92 Å². The van der Waals surface area contributed by atoms with E-state index in [1.807, 2.05) is 31.2 Å². The molecule has 2 heterocycles. The molecule has 4 aromatic rings. The molecule has 0 saturated carbocycles. The van der Waals surface area contributed by atoms with Gasteiger partial charge in [0, 0.05) is 23.0 Å². The molecule has 0 saturated heterocycles. The van der Waals surface area contributed by atoms with Crippen molar-refractivity contribution < 1.29 is 18.7 Å². The predicted octanol–water partition coefficient (Wildman–Crippen LogP) is 4.47. The van der Waals surface area contributed by atoms with Gasteiger partial charge in [0.05, 0.1) is 14.2 Å². The van der Waals surface area contributed by atoms with Crippen LogP contribution in [-0.4, -0.2) is 30.1 Å². The lowest BCUT2D eigenvalue weighted by Crippen LogP contribution is -2.13. The zero-order chi connectivity index (χ0) is 20.4. The molecule has 7 nitrogen and oxygen atoms in total. The number of amides is 1. The monoisotopic (exact) mass is 389 g/mol. The van der Waals surface area contributed by atoms with Gasteiger partial charge in [-0.25, -0.2) is 4.98 Å². The minimum Gasteiger partial charge on any atom is -0.493 e. The van der Waals surface area contributed by atoms with Gasteiger partial charge < -0.3 is 19.2 Å². The quantitative estimate of drug-likeness (QED) is 0.542. The van der Waals surface area contributed by atoms with Crippen LogP contribution in [0.2, 0.25) is 0 Å². The summed E-state index contributed by atoms with van der Waals surface area (Å²) in [5, 5.41) is 2.92. The number of aryl methyl sites for hydroxylation is 1. The van der Waals surface area contributed by atoms with Crippen LogP contribution in [0, 0.1) is 6.92 Å². The lowest BCUT2D eigenvalue weighted by atomic mass is 10.1. The molecule has 7 heteroatoms. The summed E-state index contributed by atoms with van der Waals surface area (Å²) in [7, 11) is 3.08. The average molecular weight is 389 g/mol. The Bertz CT molecular complexity index is 1170. The normalized spacial score (nSPS) is 10.7. The first-order valence-electron chi connectivity index (χ1n) is 8.95. The van der Waals surface area contributed by atoms with Crippen molar-refractivity contribution in [3.8, 4) is 23.0 Å². The summed E-state index contributed by atoms with van der Waals surface area (Å²) in [6.07, 6.45) is 1.67. The van der Waals surface area contributed by atoms with Gasteiger partial charge in [0.2, 0.25) is 5.89 Å². The predicted molar refractivity (Wildman–Crippen MR) is 109 cm³/mol. The Morgan fingerprint density at radius 3 is 2.59 bits per heavy atom. The fourth-order valence-electron chi connectivity index (χ4n) is 3.00. The van der Waals surface area contributed by atoms with Crippen LogP contribution in [-0.2, 0) is 0 Å². The number of pyridine rings is 1. The van der Waals surface area contributed by atoms with Crippen molar-refractivity contribution in [1.29, 1.82) is 0 Å². The lowest BCUT2D eigenvalue weighted by molar-refractivity contribution is 0.102. The van der Waals surface area contributed by atoms with Gasteiger partial charge in [0.15, 0.2) is 22.7 Å². The number of oxazole rings is 1. The van der Waals surface area contributed by atoms with E-state index < -0.39 is 0 Å². The molecule has 0 radical (unpaired) electrons. The van der Waals surface area contributed by atoms with E-state index in [4.69, 9.17) is 13.9 Å². The number of carbonyl (C=O) groups excluding carboxylic acids is 1. The maximum absolute atomic E-state index is 12.7. The number of benzene rings is 2. The van der Waals surface area contributed by atoms with E-state index in [2.05, 4.69) is 15.3 Å². The Morgan fingerprint density at radius 2 is 1.86 bits per heavy atom. The van der Waals surface area contributed by atoms with E-state index in [1.54, 1.807) is 37.6 Å². The van der Waals surface area contributed by atoms with Crippen molar-refractivity contribution >= 4 is 22.8 Å². The smallest absolute Gasteiger partial charge is 0.255 e. The van der Waals surface area contributed by atoms with E-state index in [0.717, 1.165) is 11.1 Å². The SMILES string of the molecule is COc1ccc(C(=O)Nc2ccc(-c3nc4ncccc4o3)cc2C)cc1OC. The molecular weight excluding hydrogens is 370 g/mol. The van der Waals surface area contributed by atoms with E-state index in [1.165, 1.54) is 7.11 Å². The highest BCUT2D eigenvalue weighted by molar-refractivity contribution is 6.05. The second-order valence-electron chi connectivity index (χ2n) is 6.40. The largest absolute Gasteiger partial charge is 0.493 e. The maximum Gasteiger partial charge on any atom is 0.255 e. The van der Waals surface area contributed by atoms with Crippen LogP contribution in [0.25, 0.3) is 22.7 Å². The molecule has 1 amide bonds. The summed E-state index contributed by atoms with van der Waals surface area (Å²) in [6.45, 7) is 1.91. The molecule has 0 spiro atoms. The van der Waals surface area contributed by atoms with Crippen LogP contribution in [0.5, 0.6) is 11.5 Å². The summed E-state index contributed by atoms with van der Waals surface area (Å²) in [5.41, 5.74) is 4.05. The standard InChI is InChI=1S/C22H19N3O4/c1-13-11-15(22-25-20-18(29-22)5-4-10-23-20)6-8-16(13)24-21(26)14-7-9-17(27-2)19(12-14)28-3/h4-12H,1-3H3,(H,24,26). The average Bonchev–Trinajstić information content (AvgIpc) is 3.18. The number of hydrogen-bond donors (Lipinski definition) is 1. The van der Waals surface area contributed by atoms with Gasteiger partial charge in [-0.1, -0.05) is 0 Å². The third kappa shape index (κ3) is 3.62. The number of carbonyl (C=O) groups is 1. The number of nitrogens with one attached hydrogen (secondary N) is 1. The van der Waals surface area contributed by atoms with Crippen molar-refractivity contribution in [2.24, 2.45) is 0 Å². The number of anilines is 1.